The van der Waals surface area contributed by atoms with Gasteiger partial charge in [-0.1, -0.05) is 0 Å². The molecule has 1 amide bonds. The first-order valence-electron chi connectivity index (χ1n) is 9.92. The third-order valence-electron chi connectivity index (χ3n) is 4.97. The number of hydrogen-bond donors (Lipinski definition) is 2. The van der Waals surface area contributed by atoms with Crippen LogP contribution in [0.2, 0.25) is 0 Å². The largest absolute Gasteiger partial charge is 0.434 e. The van der Waals surface area contributed by atoms with Crippen LogP contribution in [0.5, 0.6) is 5.75 Å². The molecule has 1 aromatic carbocycles. The lowest BCUT2D eigenvalue weighted by molar-refractivity contribution is -0.0494. The molecule has 0 saturated heterocycles. The molecule has 184 valence electrons. The van der Waals surface area contributed by atoms with Gasteiger partial charge in [0.15, 0.2) is 5.65 Å². The van der Waals surface area contributed by atoms with Crippen molar-refractivity contribution in [2.75, 3.05) is 5.32 Å². The van der Waals surface area contributed by atoms with Crippen LogP contribution in [-0.2, 0) is 9.84 Å². The van der Waals surface area contributed by atoms with E-state index in [-0.39, 0.29) is 38.0 Å². The van der Waals surface area contributed by atoms with Crippen molar-refractivity contribution in [1.82, 2.24) is 32.8 Å². The molecular formula is C20H13F2IN8O4S. The van der Waals surface area contributed by atoms with Crippen LogP contribution in [0.25, 0.3) is 16.9 Å². The molecule has 2 N–H and O–H groups in total. The number of rotatable bonds is 7. The van der Waals surface area contributed by atoms with Gasteiger partial charge in [-0.2, -0.15) is 24.1 Å². The molecule has 12 nitrogen and oxygen atoms in total. The first-order valence-corrected chi connectivity index (χ1v) is 12.4. The summed E-state index contributed by atoms with van der Waals surface area (Å²) in [5, 5.41) is 17.0. The Morgan fingerprint density at radius 3 is 2.81 bits per heavy atom. The average molecular weight is 626 g/mol. The van der Waals surface area contributed by atoms with Gasteiger partial charge in [0.05, 0.1) is 52.0 Å². The molecule has 0 aliphatic heterocycles. The minimum atomic E-state index is -4.04. The van der Waals surface area contributed by atoms with E-state index in [4.69, 9.17) is 0 Å². The van der Waals surface area contributed by atoms with E-state index in [0.29, 0.717) is 5.65 Å². The Balaban J connectivity index is 1.59. The molecular weight excluding hydrogens is 613 g/mol. The van der Waals surface area contributed by atoms with Crippen molar-refractivity contribution >= 4 is 49.9 Å². The van der Waals surface area contributed by atoms with Gasteiger partial charge >= 0.3 is 6.61 Å². The van der Waals surface area contributed by atoms with Crippen LogP contribution in [0.4, 0.5) is 14.5 Å². The summed E-state index contributed by atoms with van der Waals surface area (Å²) >= 11 is 1.80. The molecule has 0 saturated carbocycles. The summed E-state index contributed by atoms with van der Waals surface area (Å²) in [4.78, 5) is 16.8. The molecule has 0 aliphatic carbocycles. The van der Waals surface area contributed by atoms with E-state index in [2.05, 4.69) is 35.4 Å². The number of anilines is 1. The monoisotopic (exact) mass is 626 g/mol. The van der Waals surface area contributed by atoms with Crippen LogP contribution in [0, 0.1) is 0 Å². The van der Waals surface area contributed by atoms with Crippen molar-refractivity contribution in [3.05, 3.63) is 67.0 Å². The van der Waals surface area contributed by atoms with E-state index in [9.17, 15) is 22.0 Å². The van der Waals surface area contributed by atoms with Crippen molar-refractivity contribution in [1.29, 1.82) is 0 Å². The number of carbonyl (C=O) groups excluding carboxylic acids is 1. The standard InChI is InChI=1S/C20H13F2IN8O4S/c21-20(22)35-16-3-2-11(36(33,34)12-7-25-26-8-12)6-13(16)17-15(10-31(23)29-17)28-19(32)14-9-27-30-5-1-4-24-18(14)30/h1-10,20H,(H,25,26)(H,28,32). The van der Waals surface area contributed by atoms with Crippen molar-refractivity contribution in [3.63, 3.8) is 0 Å². The molecule has 0 unspecified atom stereocenters. The molecule has 0 spiro atoms. The van der Waals surface area contributed by atoms with E-state index in [1.54, 1.807) is 35.1 Å². The van der Waals surface area contributed by atoms with Crippen molar-refractivity contribution < 1.29 is 26.7 Å². The van der Waals surface area contributed by atoms with Gasteiger partial charge < -0.3 is 10.1 Å². The summed E-state index contributed by atoms with van der Waals surface area (Å²) < 4.78 is 59.7. The quantitative estimate of drug-likeness (QED) is 0.262. The lowest BCUT2D eigenvalue weighted by Crippen LogP contribution is -2.12. The van der Waals surface area contributed by atoms with Crippen molar-refractivity contribution in [2.45, 2.75) is 16.4 Å². The van der Waals surface area contributed by atoms with Gasteiger partial charge in [0.1, 0.15) is 21.9 Å². The fourth-order valence-corrected chi connectivity index (χ4v) is 5.08. The van der Waals surface area contributed by atoms with Gasteiger partial charge in [-0.3, -0.25) is 9.89 Å². The number of hydrogen-bond acceptors (Lipinski definition) is 8. The third-order valence-corrected chi connectivity index (χ3v) is 7.19. The Bertz CT molecular complexity index is 1690. The summed E-state index contributed by atoms with van der Waals surface area (Å²) in [7, 11) is -4.04. The molecule has 0 bridgehead atoms. The SMILES string of the molecule is O=C(Nc1cn(I)nc1-c1cc(S(=O)(=O)c2cn[nH]c2)ccc1OC(F)F)c1cnn2cccnc12. The molecule has 5 rings (SSSR count). The molecule has 0 radical (unpaired) electrons. The van der Waals surface area contributed by atoms with Gasteiger partial charge in [0.2, 0.25) is 9.84 Å². The van der Waals surface area contributed by atoms with Crippen LogP contribution in [0.15, 0.2) is 71.2 Å². The summed E-state index contributed by atoms with van der Waals surface area (Å²) in [6.07, 6.45) is 8.18. The predicted octanol–water partition coefficient (Wildman–Crippen LogP) is 3.20. The molecule has 0 fully saturated rings. The van der Waals surface area contributed by atoms with E-state index in [0.717, 1.165) is 24.4 Å². The highest BCUT2D eigenvalue weighted by Crippen LogP contribution is 2.38. The summed E-state index contributed by atoms with van der Waals surface area (Å²) in [5.74, 6) is -0.924. The third kappa shape index (κ3) is 4.39. The number of sulfone groups is 1. The molecule has 0 atom stereocenters. The second kappa shape index (κ2) is 9.26. The summed E-state index contributed by atoms with van der Waals surface area (Å²) in [6.45, 7) is -3.19. The van der Waals surface area contributed by atoms with Gasteiger partial charge in [0, 0.05) is 24.2 Å². The number of carbonyl (C=O) groups is 1. The molecule has 4 aromatic heterocycles. The molecule has 0 aliphatic rings. The number of halogens is 3. The Morgan fingerprint density at radius 2 is 2.06 bits per heavy atom. The Hall–Kier alpha value is -3.93. The number of benzene rings is 1. The topological polar surface area (TPSA) is 149 Å². The average Bonchev–Trinajstić information content (AvgIpc) is 3.59. The number of H-pyrrole nitrogens is 1. The van der Waals surface area contributed by atoms with E-state index >= 15 is 0 Å². The zero-order valence-corrected chi connectivity index (χ0v) is 20.7. The number of alkyl halides is 2. The highest BCUT2D eigenvalue weighted by atomic mass is 127. The minimum Gasteiger partial charge on any atom is -0.434 e. The molecule has 4 heterocycles. The maximum Gasteiger partial charge on any atom is 0.387 e. The summed E-state index contributed by atoms with van der Waals surface area (Å²) in [5.41, 5.74) is 0.490. The Morgan fingerprint density at radius 1 is 1.22 bits per heavy atom. The second-order valence-corrected chi connectivity index (χ2v) is 10.1. The number of ether oxygens (including phenoxy) is 1. The van der Waals surface area contributed by atoms with Crippen molar-refractivity contribution in [2.24, 2.45) is 0 Å². The van der Waals surface area contributed by atoms with Gasteiger partial charge in [-0.05, 0) is 24.3 Å². The van der Waals surface area contributed by atoms with Crippen LogP contribution in [0.3, 0.4) is 0 Å². The van der Waals surface area contributed by atoms with Crippen LogP contribution >= 0.6 is 22.9 Å². The van der Waals surface area contributed by atoms with Crippen molar-refractivity contribution in [3.8, 4) is 17.0 Å². The lowest BCUT2D eigenvalue weighted by Gasteiger charge is -2.13. The lowest BCUT2D eigenvalue weighted by atomic mass is 10.1. The van der Waals surface area contributed by atoms with Crippen LogP contribution in [0.1, 0.15) is 10.4 Å². The summed E-state index contributed by atoms with van der Waals surface area (Å²) in [6, 6.07) is 5.02. The highest BCUT2D eigenvalue weighted by molar-refractivity contribution is 14.1. The number of fused-ring (bicyclic) bond motifs is 1. The van der Waals surface area contributed by atoms with E-state index < -0.39 is 22.4 Å². The maximum absolute atomic E-state index is 13.2. The van der Waals surface area contributed by atoms with Gasteiger partial charge in [0.25, 0.3) is 5.91 Å². The van der Waals surface area contributed by atoms with Gasteiger partial charge in [-0.25, -0.2) is 20.8 Å². The molecule has 5 aromatic rings. The van der Waals surface area contributed by atoms with Gasteiger partial charge in [-0.15, -0.1) is 0 Å². The smallest absolute Gasteiger partial charge is 0.387 e. The first-order chi connectivity index (χ1) is 17.2. The number of aromatic nitrogens is 7. The zero-order valence-electron chi connectivity index (χ0n) is 17.7. The maximum atomic E-state index is 13.2. The highest BCUT2D eigenvalue weighted by Gasteiger charge is 2.25. The second-order valence-electron chi connectivity index (χ2n) is 7.15. The Labute approximate surface area is 214 Å². The van der Waals surface area contributed by atoms with Crippen LogP contribution in [-0.4, -0.2) is 53.7 Å². The normalized spacial score (nSPS) is 11.8. The molecule has 36 heavy (non-hydrogen) atoms. The number of nitrogens with one attached hydrogen (secondary N) is 2. The fraction of sp³-hybridized carbons (Fsp3) is 0.0500. The van der Waals surface area contributed by atoms with E-state index in [1.807, 2.05) is 0 Å². The van der Waals surface area contributed by atoms with E-state index in [1.165, 1.54) is 32.2 Å². The first kappa shape index (κ1) is 23.8. The predicted molar refractivity (Wildman–Crippen MR) is 129 cm³/mol. The zero-order chi connectivity index (χ0) is 25.4. The number of amides is 1. The fourth-order valence-electron chi connectivity index (χ4n) is 3.40. The minimum absolute atomic E-state index is 0.00192. The number of aromatic amines is 1. The Kier molecular flexibility index (Phi) is 6.12. The number of nitrogens with zero attached hydrogens (tertiary/aromatic N) is 6. The van der Waals surface area contributed by atoms with Crippen LogP contribution < -0.4 is 10.1 Å². The molecule has 16 heteroatoms.